The van der Waals surface area contributed by atoms with E-state index in [1.165, 1.54) is 0 Å². The van der Waals surface area contributed by atoms with Gasteiger partial charge in [0.1, 0.15) is 18.4 Å². The number of nitriles is 1. The van der Waals surface area contributed by atoms with Crippen LogP contribution in [0, 0.1) is 11.3 Å². The summed E-state index contributed by atoms with van der Waals surface area (Å²) in [5, 5.41) is 9.17. The molecule has 27 heavy (non-hydrogen) atoms. The third-order valence-electron chi connectivity index (χ3n) is 3.70. The molecule has 0 saturated carbocycles. The fourth-order valence-electron chi connectivity index (χ4n) is 2.70. The van der Waals surface area contributed by atoms with Crippen molar-refractivity contribution in [3.8, 4) is 11.8 Å². The molecular formula is C18H13F3N2O4. The Morgan fingerprint density at radius 3 is 2.70 bits per heavy atom. The van der Waals surface area contributed by atoms with Crippen molar-refractivity contribution in [1.29, 1.82) is 5.26 Å². The molecule has 0 radical (unpaired) electrons. The summed E-state index contributed by atoms with van der Waals surface area (Å²) in [6, 6.07) is 12.0. The van der Waals surface area contributed by atoms with Crippen molar-refractivity contribution < 1.29 is 32.2 Å². The van der Waals surface area contributed by atoms with E-state index in [9.17, 15) is 18.0 Å². The van der Waals surface area contributed by atoms with Crippen molar-refractivity contribution >= 4 is 22.4 Å². The van der Waals surface area contributed by atoms with E-state index in [1.807, 2.05) is 6.07 Å². The Bertz CT molecular complexity index is 1020. The zero-order chi connectivity index (χ0) is 19.4. The molecule has 3 aromatic rings. The lowest BCUT2D eigenvalue weighted by atomic mass is 10.1. The van der Waals surface area contributed by atoms with Gasteiger partial charge in [-0.2, -0.15) is 5.26 Å². The number of pyridine rings is 1. The summed E-state index contributed by atoms with van der Waals surface area (Å²) in [7, 11) is 0. The lowest BCUT2D eigenvalue weighted by Gasteiger charge is -2.08. The van der Waals surface area contributed by atoms with Gasteiger partial charge in [0.15, 0.2) is 6.61 Å². The van der Waals surface area contributed by atoms with Gasteiger partial charge in [0, 0.05) is 17.6 Å². The third-order valence-corrected chi connectivity index (χ3v) is 3.70. The Kier molecular flexibility index (Phi) is 5.19. The molecule has 1 aromatic carbocycles. The van der Waals surface area contributed by atoms with Crippen LogP contribution in [0.15, 0.2) is 42.6 Å². The van der Waals surface area contributed by atoms with E-state index in [0.717, 1.165) is 0 Å². The molecule has 0 amide bonds. The van der Waals surface area contributed by atoms with Crippen LogP contribution in [0.1, 0.15) is 10.4 Å². The van der Waals surface area contributed by atoms with Crippen molar-refractivity contribution in [3.05, 3.63) is 48.2 Å². The number of aromatic nitrogens is 1. The number of esters is 1. The molecule has 0 aliphatic heterocycles. The van der Waals surface area contributed by atoms with Crippen LogP contribution in [0.2, 0.25) is 0 Å². The molecule has 0 aliphatic rings. The quantitative estimate of drug-likeness (QED) is 0.483. The number of fused-ring (bicyclic) bond motifs is 3. The lowest BCUT2D eigenvalue weighted by Crippen LogP contribution is -2.18. The van der Waals surface area contributed by atoms with E-state index in [2.05, 4.69) is 4.74 Å². The van der Waals surface area contributed by atoms with Gasteiger partial charge in [-0.25, -0.2) is 4.79 Å². The number of rotatable bonds is 6. The van der Waals surface area contributed by atoms with Crippen molar-refractivity contribution in [1.82, 2.24) is 4.40 Å². The molecule has 140 valence electrons. The predicted octanol–water partition coefficient (Wildman–Crippen LogP) is 3.69. The van der Waals surface area contributed by atoms with Crippen molar-refractivity contribution in [2.45, 2.75) is 6.36 Å². The number of nitrogens with zero attached hydrogens (tertiary/aromatic N) is 2. The molecule has 9 heteroatoms. The molecule has 0 fully saturated rings. The topological polar surface area (TPSA) is 73.0 Å². The zero-order valence-electron chi connectivity index (χ0n) is 13.8. The number of carbonyl (C=O) groups excluding carboxylic acids is 1. The normalized spacial score (nSPS) is 11.5. The number of carbonyl (C=O) groups is 1. The summed E-state index contributed by atoms with van der Waals surface area (Å²) in [6.45, 7) is -1.44. The minimum absolute atomic E-state index is 0.122. The van der Waals surface area contributed by atoms with Gasteiger partial charge in [-0.3, -0.25) is 4.74 Å². The first-order chi connectivity index (χ1) is 12.9. The van der Waals surface area contributed by atoms with Gasteiger partial charge in [-0.15, -0.1) is 13.2 Å². The Labute approximate surface area is 151 Å². The molecule has 2 heterocycles. The predicted molar refractivity (Wildman–Crippen MR) is 88.3 cm³/mol. The molecule has 0 saturated heterocycles. The molecule has 0 N–H and O–H groups in total. The Morgan fingerprint density at radius 1 is 1.15 bits per heavy atom. The van der Waals surface area contributed by atoms with E-state index in [-0.39, 0.29) is 12.2 Å². The van der Waals surface area contributed by atoms with Crippen LogP contribution in [0.5, 0.6) is 5.75 Å². The van der Waals surface area contributed by atoms with Crippen LogP contribution < -0.4 is 4.74 Å². The summed E-state index contributed by atoms with van der Waals surface area (Å²) in [6.07, 6.45) is -3.04. The molecule has 2 aromatic heterocycles. The molecule has 0 spiro atoms. The molecule has 0 atom stereocenters. The van der Waals surface area contributed by atoms with Gasteiger partial charge >= 0.3 is 12.3 Å². The molecule has 0 aliphatic carbocycles. The maximum atomic E-state index is 12.5. The van der Waals surface area contributed by atoms with E-state index >= 15 is 0 Å². The van der Waals surface area contributed by atoms with E-state index in [4.69, 9.17) is 14.7 Å². The Balaban J connectivity index is 1.91. The number of halogens is 3. The number of alkyl halides is 3. The second-order valence-corrected chi connectivity index (χ2v) is 5.39. The Morgan fingerprint density at radius 2 is 1.96 bits per heavy atom. The second-order valence-electron chi connectivity index (χ2n) is 5.39. The van der Waals surface area contributed by atoms with Crippen molar-refractivity contribution in [2.24, 2.45) is 0 Å². The largest absolute Gasteiger partial charge is 0.522 e. The maximum absolute atomic E-state index is 12.5. The summed E-state index contributed by atoms with van der Waals surface area (Å²) in [5.41, 5.74) is 1.40. The van der Waals surface area contributed by atoms with E-state index in [0.29, 0.717) is 22.2 Å². The first-order valence-corrected chi connectivity index (χ1v) is 7.81. The minimum Gasteiger partial charge on any atom is -0.479 e. The summed E-state index contributed by atoms with van der Waals surface area (Å²) in [4.78, 5) is 12.5. The highest BCUT2D eigenvalue weighted by Crippen LogP contribution is 2.30. The summed E-state index contributed by atoms with van der Waals surface area (Å²) >= 11 is 0. The fraction of sp³-hybridized carbons (Fsp3) is 0.222. The number of ether oxygens (including phenoxy) is 3. The second kappa shape index (κ2) is 7.55. The standard InChI is InChI=1S/C18H13F3N2O4/c19-18(20,21)27-10-9-26-17(24)16-13-5-4-12(25-8-6-22)11-15(13)23-7-2-1-3-14(16)23/h1-5,7,11H,8-10H2. The molecule has 0 unspecified atom stereocenters. The third kappa shape index (κ3) is 4.12. The van der Waals surface area contributed by atoms with Gasteiger partial charge in [0.05, 0.1) is 23.2 Å². The van der Waals surface area contributed by atoms with E-state index in [1.54, 1.807) is 47.0 Å². The van der Waals surface area contributed by atoms with Crippen LogP contribution in [-0.4, -0.2) is 36.6 Å². The van der Waals surface area contributed by atoms with Gasteiger partial charge in [-0.1, -0.05) is 6.07 Å². The Hall–Kier alpha value is -3.25. The van der Waals surface area contributed by atoms with Crippen LogP contribution in [0.25, 0.3) is 16.4 Å². The fourth-order valence-corrected chi connectivity index (χ4v) is 2.70. The average molecular weight is 378 g/mol. The number of hydrogen-bond donors (Lipinski definition) is 0. The molecule has 6 nitrogen and oxygen atoms in total. The lowest BCUT2D eigenvalue weighted by molar-refractivity contribution is -0.326. The van der Waals surface area contributed by atoms with Gasteiger partial charge < -0.3 is 13.9 Å². The van der Waals surface area contributed by atoms with Crippen LogP contribution in [0.3, 0.4) is 0 Å². The molecule has 3 rings (SSSR count). The monoisotopic (exact) mass is 378 g/mol. The highest BCUT2D eigenvalue weighted by Gasteiger charge is 2.29. The minimum atomic E-state index is -4.78. The molecular weight excluding hydrogens is 365 g/mol. The zero-order valence-corrected chi connectivity index (χ0v) is 13.8. The first-order valence-electron chi connectivity index (χ1n) is 7.81. The van der Waals surface area contributed by atoms with Crippen molar-refractivity contribution in [3.63, 3.8) is 0 Å². The number of hydrogen-bond acceptors (Lipinski definition) is 5. The van der Waals surface area contributed by atoms with Crippen LogP contribution in [0.4, 0.5) is 13.2 Å². The van der Waals surface area contributed by atoms with Gasteiger partial charge in [-0.05, 0) is 24.3 Å². The molecule has 0 bridgehead atoms. The maximum Gasteiger partial charge on any atom is 0.522 e. The highest BCUT2D eigenvalue weighted by molar-refractivity contribution is 6.11. The van der Waals surface area contributed by atoms with Crippen LogP contribution >= 0.6 is 0 Å². The highest BCUT2D eigenvalue weighted by atomic mass is 19.4. The SMILES string of the molecule is N#CCOc1ccc2c(C(=O)OCCOC(F)(F)F)c3ccccn3c2c1. The first kappa shape index (κ1) is 18.5. The summed E-state index contributed by atoms with van der Waals surface area (Å²) < 4.78 is 51.5. The van der Waals surface area contributed by atoms with Crippen LogP contribution in [-0.2, 0) is 9.47 Å². The number of benzene rings is 1. The van der Waals surface area contributed by atoms with Gasteiger partial charge in [0.25, 0.3) is 0 Å². The van der Waals surface area contributed by atoms with Gasteiger partial charge in [0.2, 0.25) is 0 Å². The van der Waals surface area contributed by atoms with E-state index < -0.39 is 25.5 Å². The van der Waals surface area contributed by atoms with Crippen molar-refractivity contribution in [2.75, 3.05) is 19.8 Å². The summed E-state index contributed by atoms with van der Waals surface area (Å²) in [5.74, 6) is -0.309. The average Bonchev–Trinajstić information content (AvgIpc) is 2.96. The smallest absolute Gasteiger partial charge is 0.479 e.